The van der Waals surface area contributed by atoms with Gasteiger partial charge in [-0.15, -0.1) is 0 Å². The molecular weight excluding hydrogens is 534 g/mol. The van der Waals surface area contributed by atoms with Crippen molar-refractivity contribution in [3.8, 4) is 5.75 Å². The smallest absolute Gasteiger partial charge is 0.257 e. The number of nitrogens with zero attached hydrogens (tertiary/aromatic N) is 2. The number of carbonyl (C=O) groups excluding carboxylic acids is 3. The largest absolute Gasteiger partial charge is 0.484 e. The molecule has 40 heavy (non-hydrogen) atoms. The first-order chi connectivity index (χ1) is 19.1. The Morgan fingerprint density at radius 3 is 2.25 bits per heavy atom. The Bertz CT molecular complexity index is 1430. The summed E-state index contributed by atoms with van der Waals surface area (Å²) in [6.07, 6.45) is 2.13. The average Bonchev–Trinajstić information content (AvgIpc) is 2.93. The molecule has 3 amide bonds. The average molecular weight is 566 g/mol. The molecule has 0 aliphatic rings. The fourth-order valence-corrected chi connectivity index (χ4v) is 4.56. The number of hydrogen-bond donors (Lipinski definition) is 3. The molecule has 0 aliphatic heterocycles. The van der Waals surface area contributed by atoms with E-state index in [1.165, 1.54) is 44.5 Å². The van der Waals surface area contributed by atoms with Crippen LogP contribution < -0.4 is 20.8 Å². The number of hydrogen-bond acceptors (Lipinski definition) is 7. The molecule has 3 rings (SSSR count). The number of anilines is 1. The van der Waals surface area contributed by atoms with E-state index in [1.54, 1.807) is 24.3 Å². The van der Waals surface area contributed by atoms with Crippen LogP contribution in [0.1, 0.15) is 18.1 Å². The number of hydrazone groups is 1. The van der Waals surface area contributed by atoms with Crippen LogP contribution in [0.3, 0.4) is 0 Å². The van der Waals surface area contributed by atoms with E-state index in [9.17, 15) is 22.8 Å². The topological polar surface area (TPSA) is 146 Å². The second kappa shape index (κ2) is 14.6. The van der Waals surface area contributed by atoms with Crippen LogP contribution in [0, 0.1) is 0 Å². The number of carbonyl (C=O) groups is 3. The van der Waals surface area contributed by atoms with Crippen molar-refractivity contribution in [3.63, 3.8) is 0 Å². The van der Waals surface area contributed by atoms with Crippen molar-refractivity contribution in [1.82, 2.24) is 15.0 Å². The third kappa shape index (κ3) is 9.64. The van der Waals surface area contributed by atoms with Crippen molar-refractivity contribution >= 4 is 39.6 Å². The van der Waals surface area contributed by atoms with Gasteiger partial charge in [-0.1, -0.05) is 30.3 Å². The van der Waals surface area contributed by atoms with Gasteiger partial charge < -0.3 is 15.4 Å². The van der Waals surface area contributed by atoms with Crippen LogP contribution in [0.15, 0.2) is 88.9 Å². The van der Waals surface area contributed by atoms with Gasteiger partial charge in [-0.3, -0.25) is 14.4 Å². The van der Waals surface area contributed by atoms with Crippen molar-refractivity contribution in [3.05, 3.63) is 90.0 Å². The Kier molecular flexibility index (Phi) is 10.9. The molecule has 11 nitrogen and oxygen atoms in total. The molecule has 0 aliphatic carbocycles. The minimum Gasteiger partial charge on any atom is -0.484 e. The highest BCUT2D eigenvalue weighted by molar-refractivity contribution is 7.89. The van der Waals surface area contributed by atoms with E-state index in [0.717, 1.165) is 16.3 Å². The molecule has 210 valence electrons. The molecule has 0 saturated heterocycles. The molecule has 0 heterocycles. The Balaban J connectivity index is 1.40. The molecule has 0 bridgehead atoms. The Morgan fingerprint density at radius 2 is 1.60 bits per heavy atom. The predicted octanol–water partition coefficient (Wildman–Crippen LogP) is 2.15. The lowest BCUT2D eigenvalue weighted by Crippen LogP contribution is -2.36. The number of rotatable bonds is 13. The molecule has 0 spiro atoms. The van der Waals surface area contributed by atoms with Crippen LogP contribution in [0.25, 0.3) is 0 Å². The summed E-state index contributed by atoms with van der Waals surface area (Å²) in [4.78, 5) is 35.3. The summed E-state index contributed by atoms with van der Waals surface area (Å²) in [5.41, 5.74) is 4.55. The van der Waals surface area contributed by atoms with Gasteiger partial charge in [0.1, 0.15) is 5.75 Å². The van der Waals surface area contributed by atoms with Crippen molar-refractivity contribution in [2.45, 2.75) is 18.2 Å². The van der Waals surface area contributed by atoms with Gasteiger partial charge in [0.05, 0.1) is 17.7 Å². The maximum atomic E-state index is 12.7. The first-order valence-corrected chi connectivity index (χ1v) is 13.8. The molecule has 0 saturated carbocycles. The minimum absolute atomic E-state index is 0.0209. The maximum absolute atomic E-state index is 12.7. The first kappa shape index (κ1) is 30.0. The van der Waals surface area contributed by atoms with Gasteiger partial charge in [-0.25, -0.2) is 13.8 Å². The summed E-state index contributed by atoms with van der Waals surface area (Å²) >= 11 is 0. The Morgan fingerprint density at radius 1 is 0.925 bits per heavy atom. The highest BCUT2D eigenvalue weighted by Crippen LogP contribution is 2.17. The standard InChI is InChI=1S/C28H31N5O6S/c1-21(34)31-24-10-14-26(15-11-24)40(37,38)33(2)19-27(35)32-30-18-23-8-12-25(13-9-23)39-20-28(36)29-17-16-22-6-4-3-5-7-22/h3-15,18H,16-17,19-20H2,1-2H3,(H,29,36)(H,31,34)(H,32,35)/b30-18-. The summed E-state index contributed by atoms with van der Waals surface area (Å²) in [6, 6.07) is 22.2. The zero-order chi connectivity index (χ0) is 29.0. The number of likely N-dealkylation sites (N-methyl/N-ethyl adjacent to an activating group) is 1. The molecule has 3 N–H and O–H groups in total. The number of nitrogens with one attached hydrogen (secondary N) is 3. The fraction of sp³-hybridized carbons (Fsp3) is 0.214. The second-order valence-electron chi connectivity index (χ2n) is 8.70. The molecule has 0 aromatic heterocycles. The van der Waals surface area contributed by atoms with Gasteiger partial charge >= 0.3 is 0 Å². The molecule has 0 radical (unpaired) electrons. The Hall–Kier alpha value is -4.55. The van der Waals surface area contributed by atoms with E-state index in [1.807, 2.05) is 30.3 Å². The lowest BCUT2D eigenvalue weighted by atomic mass is 10.1. The molecule has 0 unspecified atom stereocenters. The second-order valence-corrected chi connectivity index (χ2v) is 10.7. The summed E-state index contributed by atoms with van der Waals surface area (Å²) in [6.45, 7) is 1.30. The number of sulfonamides is 1. The summed E-state index contributed by atoms with van der Waals surface area (Å²) in [7, 11) is -2.65. The Labute approximate surface area is 233 Å². The number of benzene rings is 3. The molecule has 12 heteroatoms. The van der Waals surface area contributed by atoms with Crippen LogP contribution in [0.4, 0.5) is 5.69 Å². The highest BCUT2D eigenvalue weighted by atomic mass is 32.2. The fourth-order valence-electron chi connectivity index (χ4n) is 3.44. The van der Waals surface area contributed by atoms with Crippen LogP contribution in [0.5, 0.6) is 5.75 Å². The van der Waals surface area contributed by atoms with Crippen LogP contribution >= 0.6 is 0 Å². The van der Waals surface area contributed by atoms with Gasteiger partial charge in [-0.05, 0) is 66.1 Å². The van der Waals surface area contributed by atoms with E-state index in [-0.39, 0.29) is 23.3 Å². The minimum atomic E-state index is -3.93. The zero-order valence-corrected chi connectivity index (χ0v) is 23.0. The van der Waals surface area contributed by atoms with Gasteiger partial charge in [0.25, 0.3) is 11.8 Å². The third-order valence-corrected chi connectivity index (χ3v) is 7.30. The monoisotopic (exact) mass is 565 g/mol. The summed E-state index contributed by atoms with van der Waals surface area (Å²) in [5, 5.41) is 9.23. The van der Waals surface area contributed by atoms with Crippen molar-refractivity contribution in [2.75, 3.05) is 32.1 Å². The number of amides is 3. The lowest BCUT2D eigenvalue weighted by Gasteiger charge is -2.16. The van der Waals surface area contributed by atoms with E-state index < -0.39 is 22.5 Å². The molecule has 0 atom stereocenters. The van der Waals surface area contributed by atoms with Crippen LogP contribution in [-0.4, -0.2) is 63.4 Å². The van der Waals surface area contributed by atoms with Gasteiger partial charge in [0.2, 0.25) is 15.9 Å². The SMILES string of the molecule is CC(=O)Nc1ccc(S(=O)(=O)N(C)CC(=O)N/N=C\c2ccc(OCC(=O)NCCc3ccccc3)cc2)cc1. The van der Waals surface area contributed by atoms with E-state index in [2.05, 4.69) is 21.2 Å². The molecular formula is C28H31N5O6S. The van der Waals surface area contributed by atoms with Gasteiger partial charge in [0.15, 0.2) is 6.61 Å². The maximum Gasteiger partial charge on any atom is 0.257 e. The van der Waals surface area contributed by atoms with Crippen molar-refractivity contribution in [2.24, 2.45) is 5.10 Å². The lowest BCUT2D eigenvalue weighted by molar-refractivity contribution is -0.123. The first-order valence-electron chi connectivity index (χ1n) is 12.3. The zero-order valence-electron chi connectivity index (χ0n) is 22.2. The molecule has 3 aromatic carbocycles. The molecule has 3 aromatic rings. The number of ether oxygens (including phenoxy) is 1. The van der Waals surface area contributed by atoms with Crippen LogP contribution in [-0.2, 0) is 30.8 Å². The summed E-state index contributed by atoms with van der Waals surface area (Å²) in [5.74, 6) is -0.631. The molecule has 0 fully saturated rings. The van der Waals surface area contributed by atoms with E-state index >= 15 is 0 Å². The van der Waals surface area contributed by atoms with Crippen molar-refractivity contribution in [1.29, 1.82) is 0 Å². The van der Waals surface area contributed by atoms with Gasteiger partial charge in [-0.2, -0.15) is 9.41 Å². The van der Waals surface area contributed by atoms with E-state index in [4.69, 9.17) is 4.74 Å². The summed E-state index contributed by atoms with van der Waals surface area (Å²) < 4.78 is 31.8. The normalized spacial score (nSPS) is 11.3. The van der Waals surface area contributed by atoms with Crippen molar-refractivity contribution < 1.29 is 27.5 Å². The predicted molar refractivity (Wildman–Crippen MR) is 151 cm³/mol. The highest BCUT2D eigenvalue weighted by Gasteiger charge is 2.22. The van der Waals surface area contributed by atoms with Gasteiger partial charge in [0, 0.05) is 26.2 Å². The third-order valence-electron chi connectivity index (χ3n) is 5.48. The van der Waals surface area contributed by atoms with Crippen LogP contribution in [0.2, 0.25) is 0 Å². The van der Waals surface area contributed by atoms with E-state index in [0.29, 0.717) is 23.5 Å². The quantitative estimate of drug-likeness (QED) is 0.214.